The lowest BCUT2D eigenvalue weighted by atomic mass is 9.85. The molecule has 11 heavy (non-hydrogen) atoms. The monoisotopic (exact) mass is 177 g/mol. The van der Waals surface area contributed by atoms with E-state index in [4.69, 9.17) is 16.9 Å². The average Bonchev–Trinajstić information content (AvgIpc) is 2.07. The van der Waals surface area contributed by atoms with Gasteiger partial charge in [-0.05, 0) is 49.8 Å². The predicted molar refractivity (Wildman–Crippen MR) is 46.4 cm³/mol. The number of nitrogens with one attached hydrogen (secondary N) is 1. The second-order valence-electron chi connectivity index (χ2n) is 3.34. The van der Waals surface area contributed by atoms with E-state index < -0.39 is 0 Å². The maximum absolute atomic E-state index is 8.70. The Labute approximate surface area is 73.0 Å². The molecule has 0 aliphatic heterocycles. The van der Waals surface area contributed by atoms with Gasteiger partial charge in [0.1, 0.15) is 0 Å². The zero-order valence-electron chi connectivity index (χ0n) is 6.72. The fraction of sp³-hybridized carbons (Fsp3) is 1.00. The second-order valence-corrected chi connectivity index (χ2v) is 3.56. The first-order valence-corrected chi connectivity index (χ1v) is 4.71. The van der Waals surface area contributed by atoms with Crippen molar-refractivity contribution in [2.75, 3.05) is 6.61 Å². The third-order valence-electron chi connectivity index (χ3n) is 2.54. The molecule has 2 N–H and O–H groups in total. The number of aliphatic hydroxyl groups excluding tert-OH is 1. The van der Waals surface area contributed by atoms with Crippen molar-refractivity contribution < 1.29 is 5.11 Å². The molecule has 0 aromatic heterocycles. The van der Waals surface area contributed by atoms with E-state index >= 15 is 0 Å². The minimum atomic E-state index is 0.337. The van der Waals surface area contributed by atoms with E-state index in [1.807, 2.05) is 0 Å². The van der Waals surface area contributed by atoms with Crippen molar-refractivity contribution >= 4 is 11.8 Å². The van der Waals surface area contributed by atoms with Crippen molar-refractivity contribution in [3.05, 3.63) is 0 Å². The number of hydrogen-bond donors (Lipinski definition) is 2. The molecular formula is C8H16ClNO. The lowest BCUT2D eigenvalue weighted by molar-refractivity contribution is 0.220. The summed E-state index contributed by atoms with van der Waals surface area (Å²) in [4.78, 5) is 2.78. The van der Waals surface area contributed by atoms with Crippen LogP contribution in [0.25, 0.3) is 0 Å². The maximum Gasteiger partial charge on any atom is 0.0433 e. The van der Waals surface area contributed by atoms with Crippen LogP contribution in [-0.2, 0) is 0 Å². The Morgan fingerprint density at radius 1 is 1.27 bits per heavy atom. The molecule has 1 saturated carbocycles. The fourth-order valence-corrected chi connectivity index (χ4v) is 1.96. The summed E-state index contributed by atoms with van der Waals surface area (Å²) in [6, 6.07) is 0.506. The Balaban J connectivity index is 2.14. The van der Waals surface area contributed by atoms with Crippen molar-refractivity contribution in [2.45, 2.75) is 38.1 Å². The van der Waals surface area contributed by atoms with Crippen molar-refractivity contribution in [1.29, 1.82) is 0 Å². The summed E-state index contributed by atoms with van der Waals surface area (Å²) in [5.41, 5.74) is 0. The molecule has 1 fully saturated rings. The topological polar surface area (TPSA) is 32.3 Å². The van der Waals surface area contributed by atoms with E-state index in [9.17, 15) is 0 Å². The summed E-state index contributed by atoms with van der Waals surface area (Å²) in [6.07, 6.45) is 5.72. The van der Waals surface area contributed by atoms with Crippen LogP contribution in [0.4, 0.5) is 0 Å². The maximum atomic E-state index is 8.70. The van der Waals surface area contributed by atoms with Gasteiger partial charge in [-0.2, -0.15) is 0 Å². The van der Waals surface area contributed by atoms with Crippen LogP contribution in [0.15, 0.2) is 0 Å². The molecule has 0 aromatic rings. The van der Waals surface area contributed by atoms with Gasteiger partial charge in [-0.1, -0.05) is 0 Å². The number of halogens is 1. The minimum Gasteiger partial charge on any atom is -0.396 e. The van der Waals surface area contributed by atoms with Crippen LogP contribution in [0.5, 0.6) is 0 Å². The van der Waals surface area contributed by atoms with Crippen LogP contribution in [0.2, 0.25) is 0 Å². The Bertz CT molecular complexity index is 102. The third kappa shape index (κ3) is 2.97. The first-order valence-electron chi connectivity index (χ1n) is 4.34. The van der Waals surface area contributed by atoms with Crippen molar-refractivity contribution in [2.24, 2.45) is 5.92 Å². The first kappa shape index (κ1) is 9.30. The average molecular weight is 178 g/mol. The van der Waals surface area contributed by atoms with E-state index in [-0.39, 0.29) is 0 Å². The second kappa shape index (κ2) is 4.96. The highest BCUT2D eigenvalue weighted by Crippen LogP contribution is 2.26. The van der Waals surface area contributed by atoms with Crippen LogP contribution >= 0.6 is 11.8 Å². The first-order chi connectivity index (χ1) is 5.36. The van der Waals surface area contributed by atoms with Gasteiger partial charge in [0.2, 0.25) is 0 Å². The normalized spacial score (nSPS) is 32.2. The lowest BCUT2D eigenvalue weighted by Gasteiger charge is -2.26. The molecule has 0 bridgehead atoms. The van der Waals surface area contributed by atoms with E-state index in [1.54, 1.807) is 0 Å². The standard InChI is InChI=1S/C8H16ClNO/c9-10-8-3-1-7(2-4-8)5-6-11/h7-8,10-11H,1-6H2. The zero-order valence-corrected chi connectivity index (χ0v) is 7.48. The predicted octanol–water partition coefficient (Wildman–Crippen LogP) is 1.67. The Morgan fingerprint density at radius 2 is 1.91 bits per heavy atom. The SMILES string of the molecule is OCCC1CCC(NCl)CC1. The Kier molecular flexibility index (Phi) is 4.20. The fourth-order valence-electron chi connectivity index (χ4n) is 1.74. The number of rotatable bonds is 3. The molecule has 2 nitrogen and oxygen atoms in total. The molecule has 1 aliphatic carbocycles. The van der Waals surface area contributed by atoms with Gasteiger partial charge in [0, 0.05) is 12.6 Å². The van der Waals surface area contributed by atoms with Crippen LogP contribution in [0.1, 0.15) is 32.1 Å². The van der Waals surface area contributed by atoms with Crippen molar-refractivity contribution in [3.8, 4) is 0 Å². The van der Waals surface area contributed by atoms with Crippen LogP contribution < -0.4 is 4.84 Å². The van der Waals surface area contributed by atoms with Gasteiger partial charge in [0.25, 0.3) is 0 Å². The van der Waals surface area contributed by atoms with Crippen molar-refractivity contribution in [3.63, 3.8) is 0 Å². The quantitative estimate of drug-likeness (QED) is 0.643. The molecule has 0 aromatic carbocycles. The molecule has 0 saturated heterocycles. The highest BCUT2D eigenvalue weighted by molar-refractivity contribution is 6.13. The number of hydrogen-bond acceptors (Lipinski definition) is 2. The summed E-state index contributed by atoms with van der Waals surface area (Å²) in [6.45, 7) is 0.337. The molecule has 66 valence electrons. The largest absolute Gasteiger partial charge is 0.396 e. The summed E-state index contributed by atoms with van der Waals surface area (Å²) in [7, 11) is 0. The van der Waals surface area contributed by atoms with Gasteiger partial charge in [-0.25, -0.2) is 4.84 Å². The smallest absolute Gasteiger partial charge is 0.0433 e. The molecule has 0 heterocycles. The van der Waals surface area contributed by atoms with E-state index in [2.05, 4.69) is 4.84 Å². The summed E-state index contributed by atoms with van der Waals surface area (Å²) >= 11 is 5.51. The minimum absolute atomic E-state index is 0.337. The molecule has 0 atom stereocenters. The van der Waals surface area contributed by atoms with Crippen molar-refractivity contribution in [1.82, 2.24) is 4.84 Å². The number of aliphatic hydroxyl groups is 1. The van der Waals surface area contributed by atoms with E-state index in [0.717, 1.165) is 25.2 Å². The highest BCUT2D eigenvalue weighted by atomic mass is 35.5. The van der Waals surface area contributed by atoms with E-state index in [0.29, 0.717) is 12.6 Å². The molecule has 0 spiro atoms. The van der Waals surface area contributed by atoms with Crippen LogP contribution in [0, 0.1) is 5.92 Å². The molecule has 0 amide bonds. The summed E-state index contributed by atoms with van der Waals surface area (Å²) in [5.74, 6) is 0.737. The Hall–Kier alpha value is 0.210. The van der Waals surface area contributed by atoms with Gasteiger partial charge in [-0.15, -0.1) is 0 Å². The molecular weight excluding hydrogens is 162 g/mol. The molecule has 0 unspecified atom stereocenters. The summed E-state index contributed by atoms with van der Waals surface area (Å²) < 4.78 is 0. The van der Waals surface area contributed by atoms with Gasteiger partial charge in [0.15, 0.2) is 0 Å². The molecule has 3 heteroatoms. The van der Waals surface area contributed by atoms with E-state index in [1.165, 1.54) is 12.8 Å². The molecule has 0 radical (unpaired) electrons. The third-order valence-corrected chi connectivity index (χ3v) is 2.85. The zero-order chi connectivity index (χ0) is 8.10. The van der Waals surface area contributed by atoms with Crippen LogP contribution in [0.3, 0.4) is 0 Å². The van der Waals surface area contributed by atoms with Gasteiger partial charge in [0.05, 0.1) is 0 Å². The molecule has 1 aliphatic rings. The lowest BCUT2D eigenvalue weighted by Crippen LogP contribution is -2.27. The highest BCUT2D eigenvalue weighted by Gasteiger charge is 2.19. The molecule has 1 rings (SSSR count). The van der Waals surface area contributed by atoms with Gasteiger partial charge in [-0.3, -0.25) is 0 Å². The van der Waals surface area contributed by atoms with Gasteiger partial charge < -0.3 is 5.11 Å². The van der Waals surface area contributed by atoms with Crippen LogP contribution in [-0.4, -0.2) is 17.8 Å². The summed E-state index contributed by atoms with van der Waals surface area (Å²) in [5, 5.41) is 8.70. The van der Waals surface area contributed by atoms with Gasteiger partial charge >= 0.3 is 0 Å². The Morgan fingerprint density at radius 3 is 2.36 bits per heavy atom.